The minimum Gasteiger partial charge on any atom is -0.334 e. The van der Waals surface area contributed by atoms with Crippen LogP contribution in [0.2, 0.25) is 5.02 Å². The number of nitrogens with two attached hydrogens (primary N) is 1. The Labute approximate surface area is 111 Å². The third-order valence-corrected chi connectivity index (χ3v) is 3.44. The van der Waals surface area contributed by atoms with Gasteiger partial charge in [0.2, 0.25) is 0 Å². The molecule has 0 saturated heterocycles. The van der Waals surface area contributed by atoms with E-state index in [2.05, 4.69) is 10.1 Å². The summed E-state index contributed by atoms with van der Waals surface area (Å²) in [5, 5.41) is 4.62. The zero-order valence-electron chi connectivity index (χ0n) is 10.5. The largest absolute Gasteiger partial charge is 0.334 e. The van der Waals surface area contributed by atoms with Gasteiger partial charge in [0.05, 0.1) is 5.54 Å². The van der Waals surface area contributed by atoms with E-state index >= 15 is 0 Å². The zero-order chi connectivity index (χ0) is 13.2. The van der Waals surface area contributed by atoms with Gasteiger partial charge in [-0.1, -0.05) is 36.7 Å². The average Bonchev–Trinajstić information content (AvgIpc) is 2.88. The molecule has 0 radical (unpaired) electrons. The standard InChI is InChI=1S/C13H16ClN3O/c1-3-13(15,4-2)12-16-11(18-17-12)9-6-5-7-10(14)8-9/h5-8H,3-4,15H2,1-2H3. The van der Waals surface area contributed by atoms with Crippen molar-refractivity contribution in [3.8, 4) is 11.5 Å². The Bertz CT molecular complexity index is 535. The van der Waals surface area contributed by atoms with Crippen LogP contribution in [0.1, 0.15) is 32.5 Å². The summed E-state index contributed by atoms with van der Waals surface area (Å²) < 4.78 is 5.26. The van der Waals surface area contributed by atoms with Crippen LogP contribution < -0.4 is 5.73 Å². The Balaban J connectivity index is 2.36. The lowest BCUT2D eigenvalue weighted by atomic mass is 9.93. The fourth-order valence-electron chi connectivity index (χ4n) is 1.73. The molecular formula is C13H16ClN3O. The third kappa shape index (κ3) is 2.40. The number of benzene rings is 1. The average molecular weight is 266 g/mol. The van der Waals surface area contributed by atoms with Crippen LogP contribution in [0.5, 0.6) is 0 Å². The van der Waals surface area contributed by atoms with Gasteiger partial charge in [-0.15, -0.1) is 0 Å². The van der Waals surface area contributed by atoms with E-state index < -0.39 is 5.54 Å². The smallest absolute Gasteiger partial charge is 0.258 e. The van der Waals surface area contributed by atoms with Crippen molar-refractivity contribution in [1.82, 2.24) is 10.1 Å². The summed E-state index contributed by atoms with van der Waals surface area (Å²) in [6, 6.07) is 7.30. The molecule has 5 heteroatoms. The first kappa shape index (κ1) is 13.1. The Morgan fingerprint density at radius 2 is 2.06 bits per heavy atom. The first-order valence-electron chi connectivity index (χ1n) is 5.98. The lowest BCUT2D eigenvalue weighted by Gasteiger charge is -2.21. The first-order chi connectivity index (χ1) is 8.59. The molecule has 0 atom stereocenters. The SMILES string of the molecule is CCC(N)(CC)c1noc(-c2cccc(Cl)c2)n1. The molecule has 0 bridgehead atoms. The van der Waals surface area contributed by atoms with E-state index in [1.807, 2.05) is 26.0 Å². The topological polar surface area (TPSA) is 64.9 Å². The minimum absolute atomic E-state index is 0.448. The molecule has 2 N–H and O–H groups in total. The molecule has 0 aliphatic heterocycles. The van der Waals surface area contributed by atoms with Crippen LogP contribution in [0, 0.1) is 0 Å². The summed E-state index contributed by atoms with van der Waals surface area (Å²) in [7, 11) is 0. The summed E-state index contributed by atoms with van der Waals surface area (Å²) in [5.41, 5.74) is 6.50. The van der Waals surface area contributed by atoms with Crippen LogP contribution in [-0.4, -0.2) is 10.1 Å². The van der Waals surface area contributed by atoms with Crippen LogP contribution in [-0.2, 0) is 5.54 Å². The van der Waals surface area contributed by atoms with Crippen molar-refractivity contribution in [2.75, 3.05) is 0 Å². The quantitative estimate of drug-likeness (QED) is 0.921. The van der Waals surface area contributed by atoms with Gasteiger partial charge in [-0.25, -0.2) is 0 Å². The molecule has 1 heterocycles. The fourth-order valence-corrected chi connectivity index (χ4v) is 1.92. The molecule has 4 nitrogen and oxygen atoms in total. The maximum atomic E-state index is 6.23. The molecule has 2 aromatic rings. The molecule has 96 valence electrons. The van der Waals surface area contributed by atoms with Crippen molar-refractivity contribution in [2.45, 2.75) is 32.2 Å². The Hall–Kier alpha value is -1.39. The highest BCUT2D eigenvalue weighted by atomic mass is 35.5. The molecule has 1 aromatic heterocycles. The first-order valence-corrected chi connectivity index (χ1v) is 6.36. The van der Waals surface area contributed by atoms with E-state index in [4.69, 9.17) is 21.9 Å². The van der Waals surface area contributed by atoms with Crippen molar-refractivity contribution < 1.29 is 4.52 Å². The highest BCUT2D eigenvalue weighted by molar-refractivity contribution is 6.30. The lowest BCUT2D eigenvalue weighted by molar-refractivity contribution is 0.350. The van der Waals surface area contributed by atoms with Gasteiger partial charge in [0.1, 0.15) is 0 Å². The van der Waals surface area contributed by atoms with Crippen LogP contribution >= 0.6 is 11.6 Å². The molecule has 0 fully saturated rings. The number of aromatic nitrogens is 2. The molecule has 0 amide bonds. The van der Waals surface area contributed by atoms with Crippen molar-refractivity contribution in [2.24, 2.45) is 5.73 Å². The van der Waals surface area contributed by atoms with Crippen molar-refractivity contribution in [3.05, 3.63) is 35.1 Å². The van der Waals surface area contributed by atoms with Gasteiger partial charge in [0.15, 0.2) is 5.82 Å². The van der Waals surface area contributed by atoms with Crippen molar-refractivity contribution in [3.63, 3.8) is 0 Å². The van der Waals surface area contributed by atoms with E-state index in [0.717, 1.165) is 18.4 Å². The zero-order valence-corrected chi connectivity index (χ0v) is 11.2. The van der Waals surface area contributed by atoms with Gasteiger partial charge in [-0.05, 0) is 31.0 Å². The summed E-state index contributed by atoms with van der Waals surface area (Å²) in [5.74, 6) is 0.992. The van der Waals surface area contributed by atoms with Gasteiger partial charge in [-0.2, -0.15) is 4.98 Å². The van der Waals surface area contributed by atoms with E-state index in [0.29, 0.717) is 16.7 Å². The van der Waals surface area contributed by atoms with Gasteiger partial charge >= 0.3 is 0 Å². The summed E-state index contributed by atoms with van der Waals surface area (Å²) >= 11 is 5.93. The summed E-state index contributed by atoms with van der Waals surface area (Å²) in [6.07, 6.45) is 1.52. The molecule has 0 saturated carbocycles. The second-order valence-corrected chi connectivity index (χ2v) is 4.73. The monoisotopic (exact) mass is 265 g/mol. The fraction of sp³-hybridized carbons (Fsp3) is 0.385. The number of hydrogen-bond acceptors (Lipinski definition) is 4. The highest BCUT2D eigenvalue weighted by Gasteiger charge is 2.29. The predicted octanol–water partition coefficient (Wildman–Crippen LogP) is 3.36. The van der Waals surface area contributed by atoms with E-state index in [1.165, 1.54) is 0 Å². The molecular weight excluding hydrogens is 250 g/mol. The van der Waals surface area contributed by atoms with Crippen LogP contribution in [0.3, 0.4) is 0 Å². The van der Waals surface area contributed by atoms with Gasteiger partial charge < -0.3 is 10.3 Å². The minimum atomic E-state index is -0.527. The lowest BCUT2D eigenvalue weighted by Crippen LogP contribution is -2.36. The second-order valence-electron chi connectivity index (χ2n) is 4.30. The second kappa shape index (κ2) is 5.08. The maximum Gasteiger partial charge on any atom is 0.258 e. The predicted molar refractivity (Wildman–Crippen MR) is 71.2 cm³/mol. The van der Waals surface area contributed by atoms with Crippen LogP contribution in [0.15, 0.2) is 28.8 Å². The molecule has 2 rings (SSSR count). The van der Waals surface area contributed by atoms with E-state index in [-0.39, 0.29) is 0 Å². The molecule has 0 spiro atoms. The van der Waals surface area contributed by atoms with Gasteiger partial charge in [0.25, 0.3) is 5.89 Å². The van der Waals surface area contributed by atoms with Crippen molar-refractivity contribution in [1.29, 1.82) is 0 Å². The normalized spacial score (nSPS) is 11.8. The molecule has 0 unspecified atom stereocenters. The van der Waals surface area contributed by atoms with Gasteiger partial charge in [0, 0.05) is 10.6 Å². The van der Waals surface area contributed by atoms with E-state index in [9.17, 15) is 0 Å². The number of nitrogens with zero attached hydrogens (tertiary/aromatic N) is 2. The molecule has 0 aliphatic rings. The highest BCUT2D eigenvalue weighted by Crippen LogP contribution is 2.26. The molecule has 1 aromatic carbocycles. The molecule has 18 heavy (non-hydrogen) atoms. The maximum absolute atomic E-state index is 6.23. The van der Waals surface area contributed by atoms with Crippen LogP contribution in [0.4, 0.5) is 0 Å². The Morgan fingerprint density at radius 1 is 1.33 bits per heavy atom. The number of rotatable bonds is 4. The summed E-state index contributed by atoms with van der Waals surface area (Å²) in [6.45, 7) is 4.03. The Morgan fingerprint density at radius 3 is 2.67 bits per heavy atom. The van der Waals surface area contributed by atoms with E-state index in [1.54, 1.807) is 12.1 Å². The van der Waals surface area contributed by atoms with Crippen LogP contribution in [0.25, 0.3) is 11.5 Å². The number of halogens is 1. The molecule has 0 aliphatic carbocycles. The Kier molecular flexibility index (Phi) is 3.68. The number of hydrogen-bond donors (Lipinski definition) is 1. The summed E-state index contributed by atoms with van der Waals surface area (Å²) in [4.78, 5) is 4.37. The van der Waals surface area contributed by atoms with Crippen molar-refractivity contribution >= 4 is 11.6 Å². The third-order valence-electron chi connectivity index (χ3n) is 3.20. The van der Waals surface area contributed by atoms with Gasteiger partial charge in [-0.3, -0.25) is 0 Å².